The topological polar surface area (TPSA) is 58.2 Å². The van der Waals surface area contributed by atoms with Crippen LogP contribution in [0.5, 0.6) is 0 Å². The molecule has 4 nitrogen and oxygen atoms in total. The van der Waals surface area contributed by atoms with Crippen molar-refractivity contribution in [1.29, 1.82) is 0 Å². The van der Waals surface area contributed by atoms with E-state index in [-0.39, 0.29) is 12.1 Å². The first-order valence-corrected chi connectivity index (χ1v) is 8.14. The van der Waals surface area contributed by atoms with E-state index in [2.05, 4.69) is 10.0 Å². The number of hydrogen-bond acceptors (Lipinski definition) is 3. The predicted molar refractivity (Wildman–Crippen MR) is 75.3 cm³/mol. The highest BCUT2D eigenvalue weighted by atomic mass is 32.2. The third kappa shape index (κ3) is 6.45. The van der Waals surface area contributed by atoms with E-state index in [4.69, 9.17) is 0 Å². The zero-order valence-corrected chi connectivity index (χ0v) is 12.8. The van der Waals surface area contributed by atoms with Gasteiger partial charge in [-0.25, -0.2) is 13.1 Å². The molecule has 120 valence electrons. The van der Waals surface area contributed by atoms with Crippen LogP contribution in [-0.4, -0.2) is 32.9 Å². The van der Waals surface area contributed by atoms with Crippen LogP contribution in [-0.2, 0) is 10.0 Å². The smallest absolute Gasteiger partial charge is 0.301 e. The molecule has 0 heterocycles. The lowest BCUT2D eigenvalue weighted by Crippen LogP contribution is -2.51. The van der Waals surface area contributed by atoms with Crippen LogP contribution in [0.2, 0.25) is 0 Å². The van der Waals surface area contributed by atoms with Gasteiger partial charge in [0.05, 0.1) is 6.26 Å². The summed E-state index contributed by atoms with van der Waals surface area (Å²) in [5.41, 5.74) is -0.952. The summed E-state index contributed by atoms with van der Waals surface area (Å²) in [5.74, 6) is 0. The van der Waals surface area contributed by atoms with Crippen molar-refractivity contribution in [2.75, 3.05) is 12.8 Å². The highest BCUT2D eigenvalue weighted by Gasteiger charge is 2.41. The molecule has 0 aliphatic rings. The lowest BCUT2D eigenvalue weighted by atomic mass is 10.0. The molecule has 0 amide bonds. The van der Waals surface area contributed by atoms with Crippen LogP contribution < -0.4 is 10.0 Å². The minimum atomic E-state index is -4.47. The molecule has 1 aromatic carbocycles. The largest absolute Gasteiger partial charge is 0.407 e. The molecule has 8 heteroatoms. The number of nitrogens with one attached hydrogen (secondary N) is 2. The molecule has 0 spiro atoms. The van der Waals surface area contributed by atoms with E-state index in [9.17, 15) is 21.6 Å². The summed E-state index contributed by atoms with van der Waals surface area (Å²) in [6.45, 7) is 2.86. The van der Waals surface area contributed by atoms with Crippen LogP contribution >= 0.6 is 0 Å². The number of rotatable bonds is 6. The molecule has 0 fully saturated rings. The average Bonchev–Trinajstić information content (AvgIpc) is 2.25. The highest BCUT2D eigenvalue weighted by molar-refractivity contribution is 7.88. The molecular weight excluding hydrogens is 305 g/mol. The first kappa shape index (κ1) is 17.9. The maximum atomic E-state index is 13.1. The van der Waals surface area contributed by atoms with Gasteiger partial charge in [-0.15, -0.1) is 0 Å². The molecule has 21 heavy (non-hydrogen) atoms. The fraction of sp³-hybridized carbons (Fsp3) is 0.538. The van der Waals surface area contributed by atoms with Crippen molar-refractivity contribution in [3.63, 3.8) is 0 Å². The molecule has 0 aliphatic carbocycles. The van der Waals surface area contributed by atoms with E-state index >= 15 is 0 Å². The maximum Gasteiger partial charge on any atom is 0.407 e. The van der Waals surface area contributed by atoms with Crippen molar-refractivity contribution in [2.45, 2.75) is 31.6 Å². The Morgan fingerprint density at radius 3 is 2.10 bits per heavy atom. The molecule has 1 rings (SSSR count). The standard InChI is InChI=1S/C13H19F3N2O2S/c1-12(2,18-21(3,19)20)9-17-11(13(14,15)16)10-7-5-4-6-8-10/h4-8,11,17-18H,9H2,1-3H3. The van der Waals surface area contributed by atoms with Crippen molar-refractivity contribution in [2.24, 2.45) is 0 Å². The zero-order valence-electron chi connectivity index (χ0n) is 12.0. The molecule has 0 saturated carbocycles. The Morgan fingerprint density at radius 2 is 1.67 bits per heavy atom. The minimum absolute atomic E-state index is 0.0835. The van der Waals surface area contributed by atoms with Crippen LogP contribution in [0.15, 0.2) is 30.3 Å². The van der Waals surface area contributed by atoms with E-state index in [1.165, 1.54) is 38.1 Å². The SMILES string of the molecule is CC(C)(CNC(c1ccccc1)C(F)(F)F)NS(C)(=O)=O. The van der Waals surface area contributed by atoms with Crippen LogP contribution in [0.25, 0.3) is 0 Å². The number of benzene rings is 1. The normalized spacial score (nSPS) is 15.0. The molecule has 1 aromatic rings. The summed E-state index contributed by atoms with van der Waals surface area (Å²) in [4.78, 5) is 0. The Morgan fingerprint density at radius 1 is 1.14 bits per heavy atom. The van der Waals surface area contributed by atoms with Gasteiger partial charge < -0.3 is 5.32 Å². The number of halogens is 3. The number of alkyl halides is 3. The summed E-state index contributed by atoms with van der Waals surface area (Å²) in [7, 11) is -3.50. The number of hydrogen-bond donors (Lipinski definition) is 2. The third-order valence-electron chi connectivity index (χ3n) is 2.67. The van der Waals surface area contributed by atoms with Gasteiger partial charge >= 0.3 is 6.18 Å². The van der Waals surface area contributed by atoms with Crippen LogP contribution in [0, 0.1) is 0 Å². The first-order valence-electron chi connectivity index (χ1n) is 6.25. The van der Waals surface area contributed by atoms with Gasteiger partial charge in [0.25, 0.3) is 0 Å². The maximum absolute atomic E-state index is 13.1. The second-order valence-electron chi connectivity index (χ2n) is 5.52. The Labute approximate surface area is 122 Å². The molecule has 1 atom stereocenters. The van der Waals surface area contributed by atoms with E-state index < -0.39 is 27.8 Å². The van der Waals surface area contributed by atoms with Crippen LogP contribution in [0.3, 0.4) is 0 Å². The van der Waals surface area contributed by atoms with Gasteiger partial charge in [0, 0.05) is 12.1 Å². The van der Waals surface area contributed by atoms with Crippen molar-refractivity contribution in [3.8, 4) is 0 Å². The molecule has 0 saturated heterocycles. The van der Waals surface area contributed by atoms with Gasteiger partial charge in [0.1, 0.15) is 6.04 Å². The Bertz CT molecular complexity index is 557. The van der Waals surface area contributed by atoms with Gasteiger partial charge in [-0.1, -0.05) is 30.3 Å². The van der Waals surface area contributed by atoms with Crippen LogP contribution in [0.1, 0.15) is 25.5 Å². The van der Waals surface area contributed by atoms with Gasteiger partial charge in [-0.05, 0) is 19.4 Å². The van der Waals surface area contributed by atoms with Crippen molar-refractivity contribution in [1.82, 2.24) is 10.0 Å². The second kappa shape index (κ2) is 6.33. The molecule has 2 N–H and O–H groups in total. The second-order valence-corrected chi connectivity index (χ2v) is 7.27. The van der Waals surface area contributed by atoms with E-state index in [1.54, 1.807) is 6.07 Å². The summed E-state index contributed by atoms with van der Waals surface area (Å²) in [6.07, 6.45) is -3.50. The Balaban J connectivity index is 2.85. The van der Waals surface area contributed by atoms with Gasteiger partial charge in [-0.3, -0.25) is 0 Å². The highest BCUT2D eigenvalue weighted by Crippen LogP contribution is 2.32. The molecule has 0 aliphatic heterocycles. The fourth-order valence-corrected chi connectivity index (χ4v) is 3.04. The lowest BCUT2D eigenvalue weighted by Gasteiger charge is -2.29. The molecule has 1 unspecified atom stereocenters. The van der Waals surface area contributed by atoms with Gasteiger partial charge in [0.15, 0.2) is 0 Å². The molecular formula is C13H19F3N2O2S. The van der Waals surface area contributed by atoms with Crippen molar-refractivity contribution < 1.29 is 21.6 Å². The van der Waals surface area contributed by atoms with Crippen molar-refractivity contribution >= 4 is 10.0 Å². The monoisotopic (exact) mass is 324 g/mol. The van der Waals surface area contributed by atoms with Gasteiger partial charge in [0.2, 0.25) is 10.0 Å². The summed E-state index contributed by atoms with van der Waals surface area (Å²) in [5, 5.41) is 2.39. The quantitative estimate of drug-likeness (QED) is 0.843. The van der Waals surface area contributed by atoms with Crippen molar-refractivity contribution in [3.05, 3.63) is 35.9 Å². The van der Waals surface area contributed by atoms with Gasteiger partial charge in [-0.2, -0.15) is 13.2 Å². The lowest BCUT2D eigenvalue weighted by molar-refractivity contribution is -0.158. The summed E-state index contributed by atoms with van der Waals surface area (Å²) < 4.78 is 64.0. The van der Waals surface area contributed by atoms with Crippen LogP contribution in [0.4, 0.5) is 13.2 Å². The molecule has 0 aromatic heterocycles. The zero-order chi connectivity index (χ0) is 16.3. The van der Waals surface area contributed by atoms with E-state index in [0.29, 0.717) is 0 Å². The summed E-state index contributed by atoms with van der Waals surface area (Å²) in [6, 6.07) is 5.58. The molecule has 0 radical (unpaired) electrons. The Hall–Kier alpha value is -1.12. The third-order valence-corrected chi connectivity index (χ3v) is 3.59. The minimum Gasteiger partial charge on any atom is -0.301 e. The fourth-order valence-electron chi connectivity index (χ4n) is 1.96. The average molecular weight is 324 g/mol. The number of sulfonamides is 1. The van der Waals surface area contributed by atoms with E-state index in [1.807, 2.05) is 0 Å². The van der Waals surface area contributed by atoms with E-state index in [0.717, 1.165) is 6.26 Å². The molecule has 0 bridgehead atoms. The Kier molecular flexibility index (Phi) is 5.40. The first-order chi connectivity index (χ1) is 9.41. The summed E-state index contributed by atoms with van der Waals surface area (Å²) >= 11 is 0. The predicted octanol–water partition coefficient (Wildman–Crippen LogP) is 2.21.